The van der Waals surface area contributed by atoms with Crippen molar-refractivity contribution >= 4 is 13.1 Å². The van der Waals surface area contributed by atoms with Gasteiger partial charge in [-0.3, -0.25) is 0 Å². The normalized spacial score (nSPS) is 13.4. The van der Waals surface area contributed by atoms with Gasteiger partial charge >= 0.3 is 0 Å². The summed E-state index contributed by atoms with van der Waals surface area (Å²) in [6.07, 6.45) is 6.85. The molecule has 0 bridgehead atoms. The van der Waals surface area contributed by atoms with Gasteiger partial charge in [0, 0.05) is 32.1 Å². The molecule has 2 heterocycles. The molecule has 67 valence electrons. The maximum absolute atomic E-state index is 4.19. The van der Waals surface area contributed by atoms with Crippen LogP contribution in [0.4, 0.5) is 5.82 Å². The molecule has 0 unspecified atom stereocenters. The van der Waals surface area contributed by atoms with Crippen LogP contribution >= 0.6 is 0 Å². The summed E-state index contributed by atoms with van der Waals surface area (Å²) in [5.74, 6) is 4.96. The third-order valence-electron chi connectivity index (χ3n) is 1.63. The maximum atomic E-state index is 4.19. The van der Waals surface area contributed by atoms with Gasteiger partial charge in [-0.05, 0) is 6.07 Å². The molecule has 0 saturated heterocycles. The number of rotatable bonds is 1. The van der Waals surface area contributed by atoms with Crippen molar-refractivity contribution in [2.45, 2.75) is 0 Å². The first-order chi connectivity index (χ1) is 5.97. The van der Waals surface area contributed by atoms with E-state index in [-0.39, 0.29) is 20.1 Å². The Morgan fingerprint density at radius 2 is 2.31 bits per heavy atom. The fourth-order valence-electron chi connectivity index (χ4n) is 1.07. The van der Waals surface area contributed by atoms with E-state index in [1.165, 1.54) is 0 Å². The molecule has 2 rings (SSSR count). The zero-order chi connectivity index (χ0) is 8.23. The third-order valence-corrected chi connectivity index (χ3v) is 1.63. The molecule has 1 aliphatic rings. The van der Waals surface area contributed by atoms with Crippen molar-refractivity contribution in [2.75, 3.05) is 4.90 Å². The molecule has 0 aliphatic carbocycles. The van der Waals surface area contributed by atoms with Gasteiger partial charge in [-0.15, -0.1) is 12.4 Å². The molecule has 0 fully saturated rings. The van der Waals surface area contributed by atoms with Gasteiger partial charge in [-0.25, -0.2) is 0 Å². The number of aromatic nitrogens is 1. The van der Waals surface area contributed by atoms with E-state index in [2.05, 4.69) is 17.2 Å². The number of hydrogen-bond acceptors (Lipinski definition) is 2. The Morgan fingerprint density at radius 1 is 1.38 bits per heavy atom. The first-order valence-electron chi connectivity index (χ1n) is 3.91. The van der Waals surface area contributed by atoms with E-state index in [1.54, 1.807) is 6.20 Å². The topological polar surface area (TPSA) is 16.1 Å². The molecule has 0 aromatic carbocycles. The van der Waals surface area contributed by atoms with Crippen molar-refractivity contribution in [1.29, 1.82) is 0 Å². The van der Waals surface area contributed by atoms with E-state index in [9.17, 15) is 0 Å². The Hall–Kier alpha value is -0.856. The quantitative estimate of drug-likeness (QED) is 0.558. The van der Waals surface area contributed by atoms with Gasteiger partial charge in [0.2, 0.25) is 0 Å². The van der Waals surface area contributed by atoms with E-state index in [0.717, 1.165) is 13.1 Å². The van der Waals surface area contributed by atoms with E-state index in [0.29, 0.717) is 0 Å². The van der Waals surface area contributed by atoms with Crippen LogP contribution < -0.4 is 4.90 Å². The van der Waals surface area contributed by atoms with Crippen LogP contribution in [0.15, 0.2) is 42.5 Å². The van der Waals surface area contributed by atoms with Crippen LogP contribution in [-0.2, 0) is 20.1 Å². The molecule has 0 amide bonds. The SMILES string of the molecule is B1C=[C-]N(c2ccccn2)C=C1.[Ir]. The van der Waals surface area contributed by atoms with Crippen LogP contribution in [-0.4, -0.2) is 12.3 Å². The molecular formula is C9H8BIrN2-. The minimum absolute atomic E-state index is 0. The summed E-state index contributed by atoms with van der Waals surface area (Å²) >= 11 is 0. The number of nitrogens with zero attached hydrogens (tertiary/aromatic N) is 2. The standard InChI is InChI=1S/C9H8BN2.Ir/c1-2-6-11-9(3-1)12-7-4-10-5-8-12;/h1-7,10H;/q-1;. The van der Waals surface area contributed by atoms with Crippen molar-refractivity contribution in [2.24, 2.45) is 0 Å². The summed E-state index contributed by atoms with van der Waals surface area (Å²) in [4.78, 5) is 6.07. The fraction of sp³-hybridized carbons (Fsp3) is 0. The van der Waals surface area contributed by atoms with E-state index in [1.807, 2.05) is 35.3 Å². The van der Waals surface area contributed by atoms with Crippen LogP contribution in [0.1, 0.15) is 0 Å². The Bertz CT molecular complexity index is 299. The molecular weight excluding hydrogens is 339 g/mol. The van der Waals surface area contributed by atoms with Crippen LogP contribution in [0, 0.1) is 6.20 Å². The molecule has 2 nitrogen and oxygen atoms in total. The number of hydrogen-bond donors (Lipinski definition) is 0. The van der Waals surface area contributed by atoms with Crippen molar-refractivity contribution in [3.63, 3.8) is 0 Å². The first kappa shape index (κ1) is 10.2. The summed E-state index contributed by atoms with van der Waals surface area (Å²) in [5, 5.41) is 0. The summed E-state index contributed by atoms with van der Waals surface area (Å²) in [6.45, 7) is 0. The molecule has 1 aliphatic heterocycles. The van der Waals surface area contributed by atoms with Crippen molar-refractivity contribution in [1.82, 2.24) is 4.98 Å². The van der Waals surface area contributed by atoms with Gasteiger partial charge in [-0.1, -0.05) is 12.1 Å². The molecule has 13 heavy (non-hydrogen) atoms. The van der Waals surface area contributed by atoms with Gasteiger partial charge in [0.25, 0.3) is 0 Å². The Kier molecular flexibility index (Phi) is 3.93. The van der Waals surface area contributed by atoms with Crippen molar-refractivity contribution < 1.29 is 20.1 Å². The smallest absolute Gasteiger partial charge is 0.150 e. The minimum atomic E-state index is 0. The van der Waals surface area contributed by atoms with Gasteiger partial charge in [0.05, 0.1) is 0 Å². The third kappa shape index (κ3) is 2.54. The second-order valence-electron chi connectivity index (χ2n) is 2.51. The first-order valence-corrected chi connectivity index (χ1v) is 3.91. The summed E-state index contributed by atoms with van der Waals surface area (Å²) < 4.78 is 0. The predicted molar refractivity (Wildman–Crippen MR) is 50.8 cm³/mol. The van der Waals surface area contributed by atoms with E-state index >= 15 is 0 Å². The Labute approximate surface area is 92.0 Å². The second-order valence-corrected chi connectivity index (χ2v) is 2.51. The zero-order valence-electron chi connectivity index (χ0n) is 6.98. The summed E-state index contributed by atoms with van der Waals surface area (Å²) in [7, 11) is 0.962. The van der Waals surface area contributed by atoms with Gasteiger partial charge < -0.3 is 9.88 Å². The van der Waals surface area contributed by atoms with Crippen LogP contribution in [0.3, 0.4) is 0 Å². The van der Waals surface area contributed by atoms with E-state index < -0.39 is 0 Å². The largest absolute Gasteiger partial charge is 0.471 e. The van der Waals surface area contributed by atoms with Crippen molar-refractivity contribution in [3.8, 4) is 0 Å². The predicted octanol–water partition coefficient (Wildman–Crippen LogP) is 1.08. The average Bonchev–Trinajstić information content (AvgIpc) is 2.21. The van der Waals surface area contributed by atoms with Crippen LogP contribution in [0.2, 0.25) is 0 Å². The fourth-order valence-corrected chi connectivity index (χ4v) is 1.07. The van der Waals surface area contributed by atoms with E-state index in [4.69, 9.17) is 0 Å². The Balaban J connectivity index is 0.000000845. The van der Waals surface area contributed by atoms with Gasteiger partial charge in [0.15, 0.2) is 0 Å². The minimum Gasteiger partial charge on any atom is -0.471 e. The molecule has 1 aromatic rings. The number of anilines is 1. The van der Waals surface area contributed by atoms with Gasteiger partial charge in [-0.2, -0.15) is 12.0 Å². The van der Waals surface area contributed by atoms with Crippen molar-refractivity contribution in [3.05, 3.63) is 48.7 Å². The molecule has 0 saturated carbocycles. The zero-order valence-corrected chi connectivity index (χ0v) is 9.37. The molecule has 0 spiro atoms. The monoisotopic (exact) mass is 348 g/mol. The molecule has 0 atom stereocenters. The maximum Gasteiger partial charge on any atom is 0.150 e. The molecule has 0 N–H and O–H groups in total. The summed E-state index contributed by atoms with van der Waals surface area (Å²) in [6, 6.07) is 5.82. The second kappa shape index (κ2) is 5.00. The van der Waals surface area contributed by atoms with Crippen LogP contribution in [0.25, 0.3) is 0 Å². The average molecular weight is 347 g/mol. The molecule has 1 radical (unpaired) electrons. The number of pyridine rings is 1. The van der Waals surface area contributed by atoms with Gasteiger partial charge in [0.1, 0.15) is 7.28 Å². The molecule has 1 aromatic heterocycles. The van der Waals surface area contributed by atoms with Crippen LogP contribution in [0.5, 0.6) is 0 Å². The Morgan fingerprint density at radius 3 is 2.92 bits per heavy atom. The summed E-state index contributed by atoms with van der Waals surface area (Å²) in [5.41, 5.74) is 0. The molecule has 4 heteroatoms.